The highest BCUT2D eigenvalue weighted by Gasteiger charge is 2.39. The lowest BCUT2D eigenvalue weighted by molar-refractivity contribution is -0.112. The Morgan fingerprint density at radius 3 is 1.23 bits per heavy atom. The molecule has 0 heterocycles. The normalized spacial score (nSPS) is 23.1. The maximum absolute atomic E-state index is 13.0. The number of carbonyl (C=O) groups excluding carboxylic acids is 4. The average molecular weight is 752 g/mol. The largest absolute Gasteiger partial charge is 0.507 e. The van der Waals surface area contributed by atoms with Crippen molar-refractivity contribution >= 4 is 63.7 Å². The molecule has 0 saturated heterocycles. The Balaban J connectivity index is 0.000000162. The summed E-state index contributed by atoms with van der Waals surface area (Å²) in [6, 6.07) is 29.6. The van der Waals surface area contributed by atoms with Gasteiger partial charge in [-0.1, -0.05) is 108 Å². The van der Waals surface area contributed by atoms with E-state index in [9.17, 15) is 24.3 Å². The Hall–Kier alpha value is -4.29. The van der Waals surface area contributed by atoms with E-state index < -0.39 is 11.6 Å². The fraction of sp³-hybridized carbons (Fsp3) is 0.273. The molecule has 0 spiro atoms. The number of ketones is 4. The van der Waals surface area contributed by atoms with Crippen LogP contribution in [0.1, 0.15) is 111 Å². The number of Topliss-reactive ketones (excluding diaryl/α,β-unsaturated/α-hetero) is 4. The first-order valence-corrected chi connectivity index (χ1v) is 19.0. The van der Waals surface area contributed by atoms with Crippen molar-refractivity contribution in [2.24, 2.45) is 11.8 Å². The Morgan fingerprint density at radius 1 is 0.404 bits per heavy atom. The first kappa shape index (κ1) is 36.1. The van der Waals surface area contributed by atoms with Gasteiger partial charge in [0.05, 0.1) is 5.03 Å². The van der Waals surface area contributed by atoms with Crippen LogP contribution in [0.15, 0.2) is 113 Å². The molecule has 4 aliphatic carbocycles. The van der Waals surface area contributed by atoms with Gasteiger partial charge in [0.1, 0.15) is 5.76 Å². The quantitative estimate of drug-likeness (QED) is 0.210. The van der Waals surface area contributed by atoms with Crippen LogP contribution in [0, 0.1) is 11.8 Å². The molecule has 4 aliphatic rings. The zero-order valence-corrected chi connectivity index (χ0v) is 30.7. The Morgan fingerprint density at radius 2 is 0.769 bits per heavy atom. The molecule has 8 rings (SSSR count). The van der Waals surface area contributed by atoms with E-state index in [1.165, 1.54) is 11.1 Å². The van der Waals surface area contributed by atoms with Crippen molar-refractivity contribution in [2.75, 3.05) is 0 Å². The van der Waals surface area contributed by atoms with Crippen LogP contribution in [-0.4, -0.2) is 28.2 Å². The molecule has 0 amide bonds. The van der Waals surface area contributed by atoms with Gasteiger partial charge in [-0.2, -0.15) is 0 Å². The van der Waals surface area contributed by atoms with Gasteiger partial charge >= 0.3 is 0 Å². The molecule has 8 heteroatoms. The van der Waals surface area contributed by atoms with Gasteiger partial charge in [-0.05, 0) is 110 Å². The maximum Gasteiger partial charge on any atom is 0.234 e. The number of aliphatic hydroxyl groups excluding tert-OH is 1. The summed E-state index contributed by atoms with van der Waals surface area (Å²) in [6.45, 7) is 0. The van der Waals surface area contributed by atoms with Crippen molar-refractivity contribution in [1.29, 1.82) is 0 Å². The number of hydrogen-bond acceptors (Lipinski definition) is 5. The van der Waals surface area contributed by atoms with Gasteiger partial charge in [0, 0.05) is 43.4 Å². The van der Waals surface area contributed by atoms with Gasteiger partial charge in [0.15, 0.2) is 5.78 Å². The lowest BCUT2D eigenvalue weighted by Gasteiger charge is -2.32. The fourth-order valence-corrected chi connectivity index (χ4v) is 8.99. The average Bonchev–Trinajstić information content (AvgIpc) is 3.18. The first-order valence-electron chi connectivity index (χ1n) is 17.8. The molecule has 5 nitrogen and oxygen atoms in total. The van der Waals surface area contributed by atoms with E-state index in [-0.39, 0.29) is 34.2 Å². The minimum atomic E-state index is -0.545. The van der Waals surface area contributed by atoms with Crippen LogP contribution >= 0.6 is 34.8 Å². The number of aliphatic hydroxyl groups is 1. The van der Waals surface area contributed by atoms with Crippen LogP contribution in [0.4, 0.5) is 0 Å². The molecule has 52 heavy (non-hydrogen) atoms. The minimum absolute atomic E-state index is 0.0138. The lowest BCUT2D eigenvalue weighted by Crippen LogP contribution is -2.29. The van der Waals surface area contributed by atoms with E-state index in [0.717, 1.165) is 61.4 Å². The molecule has 4 aromatic rings. The number of allylic oxidation sites excluding steroid dienone is 3. The molecule has 0 unspecified atom stereocenters. The molecule has 2 fully saturated rings. The summed E-state index contributed by atoms with van der Waals surface area (Å²) in [5.74, 6) is -0.502. The van der Waals surface area contributed by atoms with Crippen LogP contribution in [0.5, 0.6) is 0 Å². The minimum Gasteiger partial charge on any atom is -0.507 e. The standard InChI is InChI=1S/C22H18Cl2O2.C22H19ClO3/c23-16-11-9-14(10-12-16)13-5-7-15(8-6-13)19-20(24)22(26)18-4-2-1-3-17(18)21(19)25;23-16-11-9-14(10-12-16)13-5-7-15(8-6-13)19-20(24)17-3-1-2-4-18(17)21(25)22(19)26/h1-4,9-13,15H,5-8H2;1-4,9-13,15,24H,5-8H2. The van der Waals surface area contributed by atoms with Crippen LogP contribution in [0.25, 0.3) is 5.76 Å². The Bertz CT molecular complexity index is 2110. The second kappa shape index (κ2) is 15.4. The molecule has 0 aliphatic heterocycles. The van der Waals surface area contributed by atoms with Crippen molar-refractivity contribution < 1.29 is 24.3 Å². The van der Waals surface area contributed by atoms with E-state index in [2.05, 4.69) is 24.3 Å². The van der Waals surface area contributed by atoms with Crippen molar-refractivity contribution in [3.05, 3.63) is 157 Å². The van der Waals surface area contributed by atoms with Gasteiger partial charge in [-0.15, -0.1) is 0 Å². The van der Waals surface area contributed by atoms with E-state index >= 15 is 0 Å². The zero-order valence-electron chi connectivity index (χ0n) is 28.4. The molecular weight excluding hydrogens is 715 g/mol. The second-order valence-corrected chi connectivity index (χ2v) is 15.3. The molecule has 4 aromatic carbocycles. The van der Waals surface area contributed by atoms with E-state index in [1.807, 2.05) is 24.3 Å². The summed E-state index contributed by atoms with van der Waals surface area (Å²) in [6.07, 6.45) is 7.09. The third kappa shape index (κ3) is 7.07. The number of carbonyl (C=O) groups is 4. The van der Waals surface area contributed by atoms with Crippen LogP contribution < -0.4 is 0 Å². The van der Waals surface area contributed by atoms with Gasteiger partial charge in [0.2, 0.25) is 17.3 Å². The first-order chi connectivity index (χ1) is 25.1. The summed E-state index contributed by atoms with van der Waals surface area (Å²) >= 11 is 18.3. The summed E-state index contributed by atoms with van der Waals surface area (Å²) in [5, 5.41) is 12.2. The predicted molar refractivity (Wildman–Crippen MR) is 206 cm³/mol. The predicted octanol–water partition coefficient (Wildman–Crippen LogP) is 11.5. The van der Waals surface area contributed by atoms with Crippen molar-refractivity contribution in [1.82, 2.24) is 0 Å². The topological polar surface area (TPSA) is 88.5 Å². The highest BCUT2D eigenvalue weighted by Crippen LogP contribution is 2.44. The van der Waals surface area contributed by atoms with Crippen LogP contribution in [0.3, 0.4) is 0 Å². The van der Waals surface area contributed by atoms with Gasteiger partial charge in [0.25, 0.3) is 0 Å². The lowest BCUT2D eigenvalue weighted by atomic mass is 9.72. The molecule has 0 bridgehead atoms. The number of fused-ring (bicyclic) bond motifs is 2. The van der Waals surface area contributed by atoms with Crippen molar-refractivity contribution in [3.63, 3.8) is 0 Å². The van der Waals surface area contributed by atoms with Crippen molar-refractivity contribution in [3.8, 4) is 0 Å². The monoisotopic (exact) mass is 750 g/mol. The summed E-state index contributed by atoms with van der Waals surface area (Å²) in [4.78, 5) is 50.6. The fourth-order valence-electron chi connectivity index (χ4n) is 8.39. The smallest absolute Gasteiger partial charge is 0.234 e. The number of hydrogen-bond donors (Lipinski definition) is 1. The van der Waals surface area contributed by atoms with Crippen LogP contribution in [-0.2, 0) is 4.79 Å². The molecular formula is C44H37Cl3O5. The van der Waals surface area contributed by atoms with Gasteiger partial charge < -0.3 is 5.11 Å². The van der Waals surface area contributed by atoms with E-state index in [0.29, 0.717) is 45.2 Å². The summed E-state index contributed by atoms with van der Waals surface area (Å²) in [7, 11) is 0. The molecule has 0 atom stereocenters. The number of benzene rings is 4. The molecule has 0 aromatic heterocycles. The highest BCUT2D eigenvalue weighted by molar-refractivity contribution is 6.52. The van der Waals surface area contributed by atoms with E-state index in [4.69, 9.17) is 34.8 Å². The Labute approximate surface area is 318 Å². The molecule has 2 saturated carbocycles. The third-order valence-electron chi connectivity index (χ3n) is 11.2. The Kier molecular flexibility index (Phi) is 10.7. The number of halogens is 3. The summed E-state index contributed by atoms with van der Waals surface area (Å²) in [5.41, 5.74) is 5.04. The highest BCUT2D eigenvalue weighted by atomic mass is 35.5. The SMILES string of the molecule is O=C1C(=O)c2ccccc2C(O)=C1C1CCC(c2ccc(Cl)cc2)CC1.O=C1C(Cl)=C(C2CCC(c3ccc(Cl)cc3)CC2)C(=O)c2ccccc21. The molecule has 0 radical (unpaired) electrons. The zero-order chi connectivity index (χ0) is 36.5. The maximum atomic E-state index is 13.0. The number of rotatable bonds is 4. The van der Waals surface area contributed by atoms with Crippen LogP contribution in [0.2, 0.25) is 10.0 Å². The van der Waals surface area contributed by atoms with Gasteiger partial charge in [-0.3, -0.25) is 19.2 Å². The van der Waals surface area contributed by atoms with Gasteiger partial charge in [-0.25, -0.2) is 0 Å². The molecule has 264 valence electrons. The summed E-state index contributed by atoms with van der Waals surface area (Å²) < 4.78 is 0. The molecule has 1 N–H and O–H groups in total. The van der Waals surface area contributed by atoms with Crippen molar-refractivity contribution in [2.45, 2.75) is 63.2 Å². The van der Waals surface area contributed by atoms with E-state index in [1.54, 1.807) is 48.5 Å². The second-order valence-electron chi connectivity index (χ2n) is 14.1. The third-order valence-corrected chi connectivity index (χ3v) is 12.1.